The first-order valence-electron chi connectivity index (χ1n) is 21.0. The van der Waals surface area contributed by atoms with Gasteiger partial charge < -0.3 is 40.7 Å². The fourth-order valence-electron chi connectivity index (χ4n) is 6.59. The maximum Gasteiger partial charge on any atom is 0.419 e. The van der Waals surface area contributed by atoms with Crippen molar-refractivity contribution in [1.29, 1.82) is 0 Å². The van der Waals surface area contributed by atoms with Crippen molar-refractivity contribution >= 4 is 77.0 Å². The molecule has 0 radical (unpaired) electrons. The summed E-state index contributed by atoms with van der Waals surface area (Å²) in [5.41, 5.74) is 0.650. The quantitative estimate of drug-likeness (QED) is 0.0393. The third-order valence-electron chi connectivity index (χ3n) is 10.3. The van der Waals surface area contributed by atoms with Crippen LogP contribution in [-0.2, 0) is 12.4 Å². The molecule has 2 aromatic heterocycles. The number of aliphatic hydroxyl groups excluding tert-OH is 4. The molecule has 0 unspecified atom stereocenters. The van der Waals surface area contributed by atoms with Crippen LogP contribution in [0.25, 0.3) is 11.1 Å². The Kier molecular flexibility index (Phi) is 25.0. The maximum atomic E-state index is 13.7. The molecular formula is C48H51Cl2F8N7O9S. The third kappa shape index (κ3) is 18.4. The Morgan fingerprint density at radius 2 is 1.24 bits per heavy atom. The van der Waals surface area contributed by atoms with Crippen molar-refractivity contribution in [2.24, 2.45) is 0 Å². The van der Waals surface area contributed by atoms with Crippen LogP contribution in [0.15, 0.2) is 97.3 Å². The summed E-state index contributed by atoms with van der Waals surface area (Å²) in [4.78, 5) is 43.7. The van der Waals surface area contributed by atoms with Crippen molar-refractivity contribution in [3.63, 3.8) is 0 Å². The van der Waals surface area contributed by atoms with Crippen LogP contribution in [-0.4, -0.2) is 91.7 Å². The number of nitro benzene ring substituents is 1. The molecule has 5 aromatic rings. The van der Waals surface area contributed by atoms with Crippen LogP contribution in [0.2, 0.25) is 10.0 Å². The molecule has 4 heterocycles. The van der Waals surface area contributed by atoms with Gasteiger partial charge in [-0.1, -0.05) is 50.2 Å². The van der Waals surface area contributed by atoms with Gasteiger partial charge in [0.25, 0.3) is 5.69 Å². The topological polar surface area (TPSA) is 233 Å². The molecule has 75 heavy (non-hydrogen) atoms. The van der Waals surface area contributed by atoms with Crippen LogP contribution < -0.4 is 20.7 Å². The predicted molar refractivity (Wildman–Crippen MR) is 271 cm³/mol. The fraction of sp³-hybridized carbons (Fsp3) is 0.292. The Bertz CT molecular complexity index is 2810. The number of hydrogen-bond donors (Lipinski definition) is 7. The summed E-state index contributed by atoms with van der Waals surface area (Å²) in [5, 5.41) is 55.9. The lowest BCUT2D eigenvalue weighted by Crippen LogP contribution is -2.38. The highest BCUT2D eigenvalue weighted by Crippen LogP contribution is 2.35. The highest BCUT2D eigenvalue weighted by molar-refractivity contribution is 7.59. The number of aliphatic hydroxyl groups is 4. The first kappa shape index (κ1) is 64.7. The molecule has 2 aliphatic heterocycles. The highest BCUT2D eigenvalue weighted by atomic mass is 35.5. The minimum Gasteiger partial charge on any atom is -0.410 e. The van der Waals surface area contributed by atoms with Crippen LogP contribution >= 0.6 is 36.7 Å². The number of rotatable bonds is 10. The van der Waals surface area contributed by atoms with Crippen LogP contribution in [0.5, 0.6) is 5.75 Å². The largest absolute Gasteiger partial charge is 0.419 e. The van der Waals surface area contributed by atoms with Crippen molar-refractivity contribution in [2.75, 3.05) is 50.0 Å². The first-order chi connectivity index (χ1) is 34.0. The first-order valence-corrected chi connectivity index (χ1v) is 21.8. The number of benzene rings is 3. The van der Waals surface area contributed by atoms with Gasteiger partial charge in [0, 0.05) is 66.7 Å². The molecule has 0 fully saturated rings. The molecule has 27 heteroatoms. The molecule has 0 spiro atoms. The number of alkyl halides is 6. The van der Waals surface area contributed by atoms with Gasteiger partial charge in [0.1, 0.15) is 29.6 Å². The van der Waals surface area contributed by atoms with E-state index in [9.17, 15) is 65.0 Å². The second-order valence-corrected chi connectivity index (χ2v) is 16.1. The Hall–Kier alpha value is -6.45. The number of nitrogens with zero attached hydrogens (tertiary/aromatic N) is 4. The SMILES string of the molecule is C.C.O=C(Nc1ccc(C(F)(F)F)c(F)c1)N1CC=C(c2ncc([C@H](O)CO)cc2Cl)CC1.O=C(Nc1ccc(C(F)(F)F)c(F)c1)Oc1ccc([N+](=O)[O-])cc1.OC[C@@H](O)c1cnc(C2=CCNCC2)c(Cl)c1.S. The number of amides is 3. The second kappa shape index (κ2) is 29.0. The lowest BCUT2D eigenvalue weighted by molar-refractivity contribution is -0.384. The van der Waals surface area contributed by atoms with Gasteiger partial charge in [-0.25, -0.2) is 18.4 Å². The molecule has 3 aromatic carbocycles. The second-order valence-electron chi connectivity index (χ2n) is 15.3. The van der Waals surface area contributed by atoms with Crippen LogP contribution in [0, 0.1) is 21.7 Å². The van der Waals surface area contributed by atoms with Gasteiger partial charge in [0.05, 0.1) is 50.7 Å². The average molecular weight is 1120 g/mol. The van der Waals surface area contributed by atoms with E-state index in [1.165, 1.54) is 17.2 Å². The number of urea groups is 1. The van der Waals surface area contributed by atoms with Crippen LogP contribution in [0.3, 0.4) is 0 Å². The summed E-state index contributed by atoms with van der Waals surface area (Å²) in [6.07, 6.45) is -4.70. The van der Waals surface area contributed by atoms with Crippen molar-refractivity contribution in [3.05, 3.63) is 163 Å². The summed E-state index contributed by atoms with van der Waals surface area (Å²) in [6.45, 7) is 1.42. The molecule has 2 aliphatic rings. The molecule has 3 amide bonds. The number of carbonyl (C=O) groups excluding carboxylic acids is 2. The summed E-state index contributed by atoms with van der Waals surface area (Å²) >= 11 is 12.4. The highest BCUT2D eigenvalue weighted by Gasteiger charge is 2.35. The standard InChI is InChI=1S/C20H18ClF4N3O3.C14H8F4N2O4.C12H15ClN2O2.2CH4.H2S/c21-15-7-12(17(30)10-29)9-26-18(15)11-3-5-28(6-4-11)19(31)27-13-1-2-14(16(22)8-13)20(23,24)25;15-12-7-8(1-6-11(12)14(16,17)18)19-13(21)24-10-4-2-9(3-5-10)20(22)23;13-10-5-9(11(17)7-16)6-15-12(10)8-1-3-14-4-2-8;;;/h1-3,7-9,17,29-30H,4-6,10H2,(H,27,31);1-7H,(H,19,21);1,5-6,11,14,16-17H,2-4,7H2;2*1H4;1H2/t17-;;11-;;;/m1.1.../s1. The minimum atomic E-state index is -4.85. The van der Waals surface area contributed by atoms with Gasteiger partial charge in [-0.15, -0.1) is 0 Å². The lowest BCUT2D eigenvalue weighted by Gasteiger charge is -2.27. The van der Waals surface area contributed by atoms with Crippen molar-refractivity contribution in [1.82, 2.24) is 20.2 Å². The molecule has 7 rings (SSSR count). The molecule has 0 aliphatic carbocycles. The lowest BCUT2D eigenvalue weighted by atomic mass is 10.0. The summed E-state index contributed by atoms with van der Waals surface area (Å²) in [6, 6.07) is 11.1. The predicted octanol–water partition coefficient (Wildman–Crippen LogP) is 11.1. The zero-order chi connectivity index (χ0) is 52.9. The van der Waals surface area contributed by atoms with E-state index >= 15 is 0 Å². The molecule has 16 nitrogen and oxygen atoms in total. The van der Waals surface area contributed by atoms with E-state index in [-0.39, 0.29) is 75.9 Å². The minimum absolute atomic E-state index is 0. The Labute approximate surface area is 441 Å². The number of nitro groups is 1. The van der Waals surface area contributed by atoms with Crippen molar-refractivity contribution in [2.45, 2.75) is 52.3 Å². The summed E-state index contributed by atoms with van der Waals surface area (Å²) in [5.74, 6) is -3.05. The van der Waals surface area contributed by atoms with E-state index in [1.54, 1.807) is 18.3 Å². The van der Waals surface area contributed by atoms with E-state index in [0.29, 0.717) is 52.5 Å². The van der Waals surface area contributed by atoms with Gasteiger partial charge in [-0.2, -0.15) is 39.8 Å². The molecule has 7 N–H and O–H groups in total. The van der Waals surface area contributed by atoms with E-state index < -0.39 is 71.0 Å². The molecule has 0 saturated heterocycles. The third-order valence-corrected chi connectivity index (χ3v) is 10.9. The molecule has 2 atom stereocenters. The summed E-state index contributed by atoms with van der Waals surface area (Å²) < 4.78 is 107. The number of hydrogen-bond acceptors (Lipinski definition) is 12. The molecule has 0 bridgehead atoms. The van der Waals surface area contributed by atoms with E-state index in [2.05, 4.69) is 26.7 Å². The van der Waals surface area contributed by atoms with Crippen LogP contribution in [0.4, 0.5) is 61.8 Å². The van der Waals surface area contributed by atoms with Crippen LogP contribution in [0.1, 0.15) is 73.5 Å². The van der Waals surface area contributed by atoms with Gasteiger partial charge in [0.15, 0.2) is 0 Å². The fourth-order valence-corrected chi connectivity index (χ4v) is 7.19. The smallest absolute Gasteiger partial charge is 0.410 e. The molecular weight excluding hydrogens is 1070 g/mol. The number of carbonyl (C=O) groups is 2. The average Bonchev–Trinajstić information content (AvgIpc) is 3.33. The Balaban J connectivity index is 0.000000393. The van der Waals surface area contributed by atoms with Gasteiger partial charge >= 0.3 is 24.5 Å². The number of pyridine rings is 2. The van der Waals surface area contributed by atoms with Crippen molar-refractivity contribution < 1.29 is 74.8 Å². The van der Waals surface area contributed by atoms with Gasteiger partial charge in [-0.05, 0) is 91.2 Å². The Morgan fingerprint density at radius 3 is 1.63 bits per heavy atom. The zero-order valence-electron chi connectivity index (χ0n) is 37.4. The molecule has 408 valence electrons. The molecule has 0 saturated carbocycles. The number of nitrogens with one attached hydrogen (secondary N) is 3. The number of aromatic nitrogens is 2. The number of ether oxygens (including phenoxy) is 1. The monoisotopic (exact) mass is 1120 g/mol. The normalized spacial score (nSPS) is 13.9. The van der Waals surface area contributed by atoms with E-state index in [1.807, 2.05) is 5.32 Å². The Morgan fingerprint density at radius 1 is 0.760 bits per heavy atom. The zero-order valence-corrected chi connectivity index (χ0v) is 40.0. The number of anilines is 2. The van der Waals surface area contributed by atoms with Gasteiger partial charge in [-0.3, -0.25) is 25.4 Å². The van der Waals surface area contributed by atoms with Gasteiger partial charge in [0.2, 0.25) is 0 Å². The van der Waals surface area contributed by atoms with E-state index in [0.717, 1.165) is 72.7 Å². The number of halogens is 10. The van der Waals surface area contributed by atoms with Crippen molar-refractivity contribution in [3.8, 4) is 5.75 Å². The number of non-ortho nitro benzene ring substituents is 1. The summed E-state index contributed by atoms with van der Waals surface area (Å²) in [7, 11) is 0. The van der Waals surface area contributed by atoms with E-state index in [4.69, 9.17) is 38.2 Å². The maximum absolute atomic E-state index is 13.7.